The zero-order valence-electron chi connectivity index (χ0n) is 29.4. The quantitative estimate of drug-likeness (QED) is 0.234. The molecule has 0 unspecified atom stereocenters. The summed E-state index contributed by atoms with van der Waals surface area (Å²) in [5, 5.41) is 2.78. The molecule has 0 heterocycles. The molecule has 0 atom stereocenters. The fraction of sp³-hybridized carbons (Fsp3) is 0.450. The Hall–Kier alpha value is -2.86. The van der Waals surface area contributed by atoms with Crippen molar-refractivity contribution < 1.29 is 0 Å². The van der Waals surface area contributed by atoms with E-state index < -0.39 is 0 Å². The van der Waals surface area contributed by atoms with Crippen molar-refractivity contribution in [2.24, 2.45) is 0 Å². The molecule has 0 aliphatic heterocycles. The molecule has 4 aromatic rings. The van der Waals surface area contributed by atoms with E-state index in [-0.39, 0.29) is 5.41 Å². The number of rotatable bonds is 2. The Morgan fingerprint density at radius 3 is 1.10 bits per heavy atom. The third-order valence-corrected chi connectivity index (χ3v) is 5.44. The van der Waals surface area contributed by atoms with Crippen LogP contribution < -0.4 is 0 Å². The first kappa shape index (κ1) is 44.2. The Bertz CT molecular complexity index is 969. The molecule has 0 saturated carbocycles. The first-order valence-electron chi connectivity index (χ1n) is 16.5. The summed E-state index contributed by atoms with van der Waals surface area (Å²) in [4.78, 5) is 0. The number of hydrogen-bond donors (Lipinski definition) is 0. The highest BCUT2D eigenvalue weighted by Gasteiger charge is 2.42. The SMILES string of the molecule is CC.CC.CC.CC.CC.CC.CC.CC.c1ccc(C2(c3ccccc3)Cc3cccc4cccc2c34)cc1. The van der Waals surface area contributed by atoms with Crippen LogP contribution in [-0.4, -0.2) is 0 Å². The van der Waals surface area contributed by atoms with E-state index in [0.29, 0.717) is 0 Å². The molecule has 0 amide bonds. The van der Waals surface area contributed by atoms with E-state index in [9.17, 15) is 0 Å². The van der Waals surface area contributed by atoms with E-state index in [1.807, 2.05) is 111 Å². The van der Waals surface area contributed by atoms with Gasteiger partial charge in [0.2, 0.25) is 0 Å². The van der Waals surface area contributed by atoms with Crippen molar-refractivity contribution in [2.45, 2.75) is 123 Å². The lowest BCUT2D eigenvalue weighted by molar-refractivity contribution is 0.641. The highest BCUT2D eigenvalue weighted by Crippen LogP contribution is 2.50. The molecular weight excluding hydrogens is 480 g/mol. The van der Waals surface area contributed by atoms with Gasteiger partial charge in [-0.25, -0.2) is 0 Å². The summed E-state index contributed by atoms with van der Waals surface area (Å²) < 4.78 is 0. The Morgan fingerprint density at radius 2 is 0.725 bits per heavy atom. The van der Waals surface area contributed by atoms with Crippen molar-refractivity contribution in [1.82, 2.24) is 0 Å². The molecule has 0 saturated heterocycles. The average molecular weight is 547 g/mol. The van der Waals surface area contributed by atoms with Crippen LogP contribution in [-0.2, 0) is 11.8 Å². The Morgan fingerprint density at radius 1 is 0.375 bits per heavy atom. The molecule has 226 valence electrons. The molecule has 0 nitrogen and oxygen atoms in total. The zero-order chi connectivity index (χ0) is 32.0. The maximum atomic E-state index is 2.32. The zero-order valence-corrected chi connectivity index (χ0v) is 29.4. The summed E-state index contributed by atoms with van der Waals surface area (Å²) in [5.41, 5.74) is 5.55. The summed E-state index contributed by atoms with van der Waals surface area (Å²) in [5.74, 6) is 0. The lowest BCUT2D eigenvalue weighted by atomic mass is 9.70. The molecule has 0 N–H and O–H groups in total. The summed E-state index contributed by atoms with van der Waals surface area (Å²) in [7, 11) is 0. The lowest BCUT2D eigenvalue weighted by Crippen LogP contribution is -2.28. The second-order valence-electron chi connectivity index (χ2n) is 6.63. The molecule has 0 heteroatoms. The van der Waals surface area contributed by atoms with Gasteiger partial charge >= 0.3 is 0 Å². The molecule has 40 heavy (non-hydrogen) atoms. The minimum absolute atomic E-state index is 0.0916. The Balaban J connectivity index is -0.000000353. The van der Waals surface area contributed by atoms with Crippen molar-refractivity contribution in [3.8, 4) is 0 Å². The first-order chi connectivity index (χ1) is 19.9. The molecule has 5 rings (SSSR count). The summed E-state index contributed by atoms with van der Waals surface area (Å²) in [6.45, 7) is 32.0. The van der Waals surface area contributed by atoms with Gasteiger partial charge in [0.1, 0.15) is 0 Å². The normalized spacial score (nSPS) is 10.1. The van der Waals surface area contributed by atoms with E-state index in [4.69, 9.17) is 0 Å². The number of benzene rings is 4. The largest absolute Gasteiger partial charge is 0.0683 e. The minimum Gasteiger partial charge on any atom is -0.0683 e. The molecule has 0 aromatic heterocycles. The monoisotopic (exact) mass is 547 g/mol. The van der Waals surface area contributed by atoms with E-state index in [2.05, 4.69) is 97.1 Å². The third-order valence-electron chi connectivity index (χ3n) is 5.44. The van der Waals surface area contributed by atoms with Gasteiger partial charge in [-0.15, -0.1) is 0 Å². The summed E-state index contributed by atoms with van der Waals surface area (Å²) >= 11 is 0. The molecule has 1 aliphatic rings. The molecule has 0 spiro atoms. The maximum absolute atomic E-state index is 2.32. The fourth-order valence-electron chi connectivity index (χ4n) is 4.43. The summed E-state index contributed by atoms with van der Waals surface area (Å²) in [6.07, 6.45) is 1.03. The van der Waals surface area contributed by atoms with Crippen LogP contribution in [0.4, 0.5) is 0 Å². The van der Waals surface area contributed by atoms with Crippen molar-refractivity contribution in [1.29, 1.82) is 0 Å². The van der Waals surface area contributed by atoms with Crippen LogP contribution in [0.3, 0.4) is 0 Å². The van der Waals surface area contributed by atoms with Crippen LogP contribution in [0.15, 0.2) is 97.1 Å². The summed E-state index contributed by atoms with van der Waals surface area (Å²) in [6, 6.07) is 35.4. The van der Waals surface area contributed by atoms with Gasteiger partial charge in [-0.3, -0.25) is 0 Å². The third kappa shape index (κ3) is 11.3. The van der Waals surface area contributed by atoms with Gasteiger partial charge in [0, 0.05) is 5.41 Å². The predicted octanol–water partition coefficient (Wildman–Crippen LogP) is 13.9. The van der Waals surface area contributed by atoms with Crippen LogP contribution in [0, 0.1) is 0 Å². The molecular formula is C40H66. The van der Waals surface area contributed by atoms with E-state index in [0.717, 1.165) is 6.42 Å². The smallest absolute Gasteiger partial charge is 0.0497 e. The van der Waals surface area contributed by atoms with Gasteiger partial charge < -0.3 is 0 Å². The van der Waals surface area contributed by atoms with Gasteiger partial charge in [0.25, 0.3) is 0 Å². The highest BCUT2D eigenvalue weighted by molar-refractivity contribution is 5.94. The Labute approximate surface area is 252 Å². The van der Waals surface area contributed by atoms with Gasteiger partial charge in [-0.2, -0.15) is 0 Å². The maximum Gasteiger partial charge on any atom is 0.0497 e. The van der Waals surface area contributed by atoms with E-state index >= 15 is 0 Å². The van der Waals surface area contributed by atoms with Gasteiger partial charge in [0.05, 0.1) is 0 Å². The first-order valence-corrected chi connectivity index (χ1v) is 16.5. The van der Waals surface area contributed by atoms with Crippen LogP contribution in [0.5, 0.6) is 0 Å². The van der Waals surface area contributed by atoms with Crippen LogP contribution in [0.2, 0.25) is 0 Å². The van der Waals surface area contributed by atoms with Gasteiger partial charge in [-0.05, 0) is 39.4 Å². The fourth-order valence-corrected chi connectivity index (χ4v) is 4.43. The van der Waals surface area contributed by atoms with Crippen molar-refractivity contribution in [3.05, 3.63) is 119 Å². The number of hydrogen-bond acceptors (Lipinski definition) is 0. The van der Waals surface area contributed by atoms with Crippen LogP contribution >= 0.6 is 0 Å². The highest BCUT2D eigenvalue weighted by atomic mass is 14.4. The minimum atomic E-state index is -0.0916. The van der Waals surface area contributed by atoms with Crippen molar-refractivity contribution in [2.75, 3.05) is 0 Å². The lowest BCUT2D eigenvalue weighted by Gasteiger charge is -2.32. The van der Waals surface area contributed by atoms with Crippen LogP contribution in [0.1, 0.15) is 133 Å². The average Bonchev–Trinajstić information content (AvgIpc) is 3.46. The van der Waals surface area contributed by atoms with Crippen molar-refractivity contribution >= 4 is 10.8 Å². The molecule has 0 bridgehead atoms. The topological polar surface area (TPSA) is 0 Å². The van der Waals surface area contributed by atoms with Crippen molar-refractivity contribution in [3.63, 3.8) is 0 Å². The molecule has 1 aliphatic carbocycles. The van der Waals surface area contributed by atoms with Gasteiger partial charge in [0.15, 0.2) is 0 Å². The standard InChI is InChI=1S/C24H18.8C2H6/c1-3-12-20(13-4-1)24(21-14-5-2-6-15-21)17-19-11-7-9-18-10-8-16-22(24)23(18)19;8*1-2/h1-16H,17H2;8*1-2H3. The predicted molar refractivity (Wildman–Crippen MR) is 191 cm³/mol. The van der Waals surface area contributed by atoms with Gasteiger partial charge in [-0.1, -0.05) is 208 Å². The van der Waals surface area contributed by atoms with Crippen LogP contribution in [0.25, 0.3) is 10.8 Å². The molecule has 0 radical (unpaired) electrons. The molecule has 4 aromatic carbocycles. The Kier molecular flexibility index (Phi) is 33.9. The second kappa shape index (κ2) is 30.7. The second-order valence-corrected chi connectivity index (χ2v) is 6.63. The van der Waals surface area contributed by atoms with E-state index in [1.54, 1.807) is 0 Å². The van der Waals surface area contributed by atoms with E-state index in [1.165, 1.54) is 33.0 Å². The molecule has 0 fully saturated rings.